The van der Waals surface area contributed by atoms with Crippen molar-refractivity contribution in [1.29, 1.82) is 0 Å². The maximum absolute atomic E-state index is 5.44. The molecule has 19 heavy (non-hydrogen) atoms. The Bertz CT molecular complexity index is 423. The highest BCUT2D eigenvalue weighted by Crippen LogP contribution is 2.40. The Balaban J connectivity index is 2.37. The van der Waals surface area contributed by atoms with Crippen LogP contribution in [0.1, 0.15) is 32.3 Å². The second kappa shape index (κ2) is 5.83. The summed E-state index contributed by atoms with van der Waals surface area (Å²) < 4.78 is 10.8. The van der Waals surface area contributed by atoms with Crippen molar-refractivity contribution in [2.45, 2.75) is 32.1 Å². The van der Waals surface area contributed by atoms with Gasteiger partial charge in [-0.15, -0.1) is 0 Å². The van der Waals surface area contributed by atoms with Crippen LogP contribution >= 0.6 is 0 Å². The molecular formula is C16H25NO2. The molecule has 2 rings (SSSR count). The van der Waals surface area contributed by atoms with Gasteiger partial charge in [-0.1, -0.05) is 19.9 Å². The van der Waals surface area contributed by atoms with Gasteiger partial charge in [-0.3, -0.25) is 0 Å². The van der Waals surface area contributed by atoms with Gasteiger partial charge in [-0.05, 0) is 43.0 Å². The van der Waals surface area contributed by atoms with Gasteiger partial charge < -0.3 is 14.8 Å². The Morgan fingerprint density at radius 2 is 1.95 bits per heavy atom. The van der Waals surface area contributed by atoms with Crippen molar-refractivity contribution in [3.63, 3.8) is 0 Å². The van der Waals surface area contributed by atoms with Crippen molar-refractivity contribution < 1.29 is 9.47 Å². The highest BCUT2D eigenvalue weighted by Gasteiger charge is 2.36. The molecule has 0 aromatic heterocycles. The lowest BCUT2D eigenvalue weighted by atomic mass is 9.73. The minimum atomic E-state index is 0.244. The van der Waals surface area contributed by atoms with E-state index < -0.39 is 0 Å². The van der Waals surface area contributed by atoms with Crippen LogP contribution in [0.2, 0.25) is 0 Å². The van der Waals surface area contributed by atoms with E-state index in [9.17, 15) is 0 Å². The maximum Gasteiger partial charge on any atom is 0.161 e. The number of hydrogen-bond donors (Lipinski definition) is 1. The topological polar surface area (TPSA) is 30.5 Å². The predicted octanol–water partition coefficient (Wildman–Crippen LogP) is 2.98. The van der Waals surface area contributed by atoms with E-state index >= 15 is 0 Å². The minimum Gasteiger partial charge on any atom is -0.493 e. The standard InChI is InChI=1S/C16H25NO2/c1-12(2)10-16(7-8-17-11-16)13-5-6-14(18-3)15(9-13)19-4/h5-6,9,12,17H,7-8,10-11H2,1-4H3. The molecule has 1 aliphatic rings. The van der Waals surface area contributed by atoms with Crippen LogP contribution in [-0.2, 0) is 5.41 Å². The van der Waals surface area contributed by atoms with Crippen molar-refractivity contribution in [3.05, 3.63) is 23.8 Å². The van der Waals surface area contributed by atoms with E-state index in [0.29, 0.717) is 5.92 Å². The zero-order chi connectivity index (χ0) is 13.9. The third-order valence-corrected chi connectivity index (χ3v) is 4.04. The summed E-state index contributed by atoms with van der Waals surface area (Å²) in [5.74, 6) is 2.32. The summed E-state index contributed by atoms with van der Waals surface area (Å²) in [6, 6.07) is 6.36. The molecule has 1 aromatic rings. The fourth-order valence-corrected chi connectivity index (χ4v) is 3.23. The maximum atomic E-state index is 5.44. The number of benzene rings is 1. The predicted molar refractivity (Wildman–Crippen MR) is 78.2 cm³/mol. The van der Waals surface area contributed by atoms with Crippen LogP contribution in [0.15, 0.2) is 18.2 Å². The molecule has 1 aliphatic heterocycles. The molecule has 0 radical (unpaired) electrons. The van der Waals surface area contributed by atoms with Crippen LogP contribution in [-0.4, -0.2) is 27.3 Å². The smallest absolute Gasteiger partial charge is 0.161 e. The van der Waals surface area contributed by atoms with Gasteiger partial charge in [-0.25, -0.2) is 0 Å². The van der Waals surface area contributed by atoms with E-state index in [1.54, 1.807) is 14.2 Å². The highest BCUT2D eigenvalue weighted by molar-refractivity contribution is 5.45. The summed E-state index contributed by atoms with van der Waals surface area (Å²) >= 11 is 0. The van der Waals surface area contributed by atoms with Crippen molar-refractivity contribution in [2.75, 3.05) is 27.3 Å². The SMILES string of the molecule is COc1ccc(C2(CC(C)C)CCNC2)cc1OC. The molecule has 1 atom stereocenters. The Morgan fingerprint density at radius 3 is 2.47 bits per heavy atom. The van der Waals surface area contributed by atoms with Crippen molar-refractivity contribution >= 4 is 0 Å². The van der Waals surface area contributed by atoms with Gasteiger partial charge in [0.25, 0.3) is 0 Å². The molecule has 0 amide bonds. The van der Waals surface area contributed by atoms with E-state index in [4.69, 9.17) is 9.47 Å². The van der Waals surface area contributed by atoms with Gasteiger partial charge in [0.2, 0.25) is 0 Å². The van der Waals surface area contributed by atoms with E-state index in [-0.39, 0.29) is 5.41 Å². The molecule has 1 N–H and O–H groups in total. The lowest BCUT2D eigenvalue weighted by Crippen LogP contribution is -2.30. The van der Waals surface area contributed by atoms with Gasteiger partial charge >= 0.3 is 0 Å². The van der Waals surface area contributed by atoms with E-state index in [2.05, 4.69) is 31.3 Å². The van der Waals surface area contributed by atoms with Crippen LogP contribution < -0.4 is 14.8 Å². The fraction of sp³-hybridized carbons (Fsp3) is 0.625. The molecule has 0 bridgehead atoms. The number of rotatable bonds is 5. The second-order valence-corrected chi connectivity index (χ2v) is 5.87. The van der Waals surface area contributed by atoms with Crippen LogP contribution in [0.3, 0.4) is 0 Å². The first-order valence-corrected chi connectivity index (χ1v) is 7.04. The summed E-state index contributed by atoms with van der Waals surface area (Å²) in [4.78, 5) is 0. The number of hydrogen-bond acceptors (Lipinski definition) is 3. The van der Waals surface area contributed by atoms with E-state index in [0.717, 1.165) is 24.6 Å². The fourth-order valence-electron chi connectivity index (χ4n) is 3.23. The Hall–Kier alpha value is -1.22. The zero-order valence-electron chi connectivity index (χ0n) is 12.5. The lowest BCUT2D eigenvalue weighted by molar-refractivity contribution is 0.345. The van der Waals surface area contributed by atoms with Gasteiger partial charge in [-0.2, -0.15) is 0 Å². The molecule has 0 aliphatic carbocycles. The van der Waals surface area contributed by atoms with Gasteiger partial charge in [0.05, 0.1) is 14.2 Å². The third-order valence-electron chi connectivity index (χ3n) is 4.04. The van der Waals surface area contributed by atoms with Crippen molar-refractivity contribution in [2.24, 2.45) is 5.92 Å². The summed E-state index contributed by atoms with van der Waals surface area (Å²) in [5.41, 5.74) is 1.61. The number of ether oxygens (including phenoxy) is 2. The molecule has 3 heteroatoms. The molecule has 106 valence electrons. The summed E-state index contributed by atoms with van der Waals surface area (Å²) in [6.45, 7) is 6.74. The van der Waals surface area contributed by atoms with Gasteiger partial charge in [0, 0.05) is 12.0 Å². The second-order valence-electron chi connectivity index (χ2n) is 5.87. The molecule has 1 unspecified atom stereocenters. The Kier molecular flexibility index (Phi) is 4.35. The molecule has 3 nitrogen and oxygen atoms in total. The largest absolute Gasteiger partial charge is 0.493 e. The Morgan fingerprint density at radius 1 is 1.21 bits per heavy atom. The first-order chi connectivity index (χ1) is 9.11. The quantitative estimate of drug-likeness (QED) is 0.886. The van der Waals surface area contributed by atoms with Crippen molar-refractivity contribution in [3.8, 4) is 11.5 Å². The molecule has 0 spiro atoms. The average Bonchev–Trinajstić information content (AvgIpc) is 2.86. The average molecular weight is 263 g/mol. The summed E-state index contributed by atoms with van der Waals surface area (Å²) in [6.07, 6.45) is 2.40. The minimum absolute atomic E-state index is 0.244. The molecule has 0 saturated carbocycles. The number of methoxy groups -OCH3 is 2. The van der Waals surface area contributed by atoms with Crippen LogP contribution in [0.5, 0.6) is 11.5 Å². The molecule has 1 heterocycles. The number of nitrogens with one attached hydrogen (secondary N) is 1. The zero-order valence-corrected chi connectivity index (χ0v) is 12.5. The molecule has 1 aromatic carbocycles. The molecule has 1 saturated heterocycles. The highest BCUT2D eigenvalue weighted by atomic mass is 16.5. The monoisotopic (exact) mass is 263 g/mol. The van der Waals surface area contributed by atoms with Crippen LogP contribution in [0, 0.1) is 5.92 Å². The summed E-state index contributed by atoms with van der Waals surface area (Å²) in [5, 5.41) is 3.51. The first-order valence-electron chi connectivity index (χ1n) is 7.04. The van der Waals surface area contributed by atoms with Gasteiger partial charge in [0.15, 0.2) is 11.5 Å². The van der Waals surface area contributed by atoms with E-state index in [1.165, 1.54) is 18.4 Å². The first kappa shape index (κ1) is 14.2. The van der Waals surface area contributed by atoms with Gasteiger partial charge in [0.1, 0.15) is 0 Å². The van der Waals surface area contributed by atoms with Crippen LogP contribution in [0.4, 0.5) is 0 Å². The van der Waals surface area contributed by atoms with E-state index in [1.807, 2.05) is 6.07 Å². The third kappa shape index (κ3) is 2.86. The lowest BCUT2D eigenvalue weighted by Gasteiger charge is -2.31. The Labute approximate surface area is 116 Å². The van der Waals surface area contributed by atoms with Crippen molar-refractivity contribution in [1.82, 2.24) is 5.32 Å². The normalized spacial score (nSPS) is 22.8. The molecular weight excluding hydrogens is 238 g/mol. The molecule has 1 fully saturated rings. The summed E-state index contributed by atoms with van der Waals surface area (Å²) in [7, 11) is 3.38. The van der Waals surface area contributed by atoms with Crippen LogP contribution in [0.25, 0.3) is 0 Å².